The quantitative estimate of drug-likeness (QED) is 0.772. The molecule has 0 unspecified atom stereocenters. The number of hydrogen-bond donors (Lipinski definition) is 0. The van der Waals surface area contributed by atoms with Crippen molar-refractivity contribution in [2.75, 3.05) is 20.2 Å². The van der Waals surface area contributed by atoms with Crippen LogP contribution in [0.3, 0.4) is 0 Å². The van der Waals surface area contributed by atoms with E-state index >= 15 is 0 Å². The summed E-state index contributed by atoms with van der Waals surface area (Å²) in [6.07, 6.45) is 3.81. The van der Waals surface area contributed by atoms with E-state index in [4.69, 9.17) is 4.74 Å². The van der Waals surface area contributed by atoms with Crippen LogP contribution in [-0.2, 0) is 13.0 Å². The van der Waals surface area contributed by atoms with Gasteiger partial charge in [-0.2, -0.15) is 0 Å². The average molecular weight is 219 g/mol. The first-order chi connectivity index (χ1) is 7.83. The fourth-order valence-electron chi connectivity index (χ4n) is 2.40. The van der Waals surface area contributed by atoms with Crippen molar-refractivity contribution in [3.8, 4) is 5.75 Å². The van der Waals surface area contributed by atoms with E-state index in [2.05, 4.69) is 30.0 Å². The molecule has 1 aromatic carbocycles. The Morgan fingerprint density at radius 3 is 2.56 bits per heavy atom. The van der Waals surface area contributed by atoms with Gasteiger partial charge in [0.05, 0.1) is 7.11 Å². The molecule has 2 heteroatoms. The van der Waals surface area contributed by atoms with Crippen LogP contribution in [0.2, 0.25) is 0 Å². The number of nitrogens with zero attached hydrogens (tertiary/aromatic N) is 1. The normalized spacial score (nSPS) is 16.6. The summed E-state index contributed by atoms with van der Waals surface area (Å²) in [5.41, 5.74) is 2.89. The fraction of sp³-hybridized carbons (Fsp3) is 0.571. The van der Waals surface area contributed by atoms with Crippen molar-refractivity contribution in [2.24, 2.45) is 0 Å². The van der Waals surface area contributed by atoms with Crippen LogP contribution in [0.1, 0.15) is 30.9 Å². The third-order valence-electron chi connectivity index (χ3n) is 3.39. The monoisotopic (exact) mass is 219 g/mol. The van der Waals surface area contributed by atoms with Gasteiger partial charge >= 0.3 is 0 Å². The topological polar surface area (TPSA) is 12.5 Å². The van der Waals surface area contributed by atoms with E-state index in [1.54, 1.807) is 7.11 Å². The van der Waals surface area contributed by atoms with Crippen LogP contribution in [0.15, 0.2) is 18.2 Å². The molecule has 1 aliphatic heterocycles. The molecule has 16 heavy (non-hydrogen) atoms. The lowest BCUT2D eigenvalue weighted by Gasteiger charge is -2.17. The summed E-state index contributed by atoms with van der Waals surface area (Å²) < 4.78 is 5.30. The number of methoxy groups -OCH3 is 1. The Bertz CT molecular complexity index is 343. The minimum absolute atomic E-state index is 0.978. The molecule has 0 amide bonds. The second kappa shape index (κ2) is 5.35. The van der Waals surface area contributed by atoms with Gasteiger partial charge in [0.15, 0.2) is 0 Å². The van der Waals surface area contributed by atoms with Crippen molar-refractivity contribution in [1.82, 2.24) is 4.90 Å². The van der Waals surface area contributed by atoms with Crippen LogP contribution in [0.25, 0.3) is 0 Å². The summed E-state index contributed by atoms with van der Waals surface area (Å²) in [7, 11) is 1.74. The van der Waals surface area contributed by atoms with Crippen LogP contribution >= 0.6 is 0 Å². The van der Waals surface area contributed by atoms with Gasteiger partial charge in [-0.1, -0.05) is 13.0 Å². The maximum absolute atomic E-state index is 5.30. The van der Waals surface area contributed by atoms with Crippen LogP contribution in [0.5, 0.6) is 5.75 Å². The van der Waals surface area contributed by atoms with Gasteiger partial charge in [0.2, 0.25) is 0 Å². The average Bonchev–Trinajstić information content (AvgIpc) is 2.82. The highest BCUT2D eigenvalue weighted by Gasteiger charge is 2.13. The lowest BCUT2D eigenvalue weighted by molar-refractivity contribution is 0.329. The highest BCUT2D eigenvalue weighted by atomic mass is 16.5. The summed E-state index contributed by atoms with van der Waals surface area (Å²) in [4.78, 5) is 2.54. The molecule has 1 saturated heterocycles. The SMILES string of the molecule is CCc1ccc(OC)cc1CN1CCCC1. The van der Waals surface area contributed by atoms with Gasteiger partial charge in [-0.3, -0.25) is 4.90 Å². The zero-order chi connectivity index (χ0) is 11.4. The van der Waals surface area contributed by atoms with Crippen LogP contribution < -0.4 is 4.74 Å². The number of likely N-dealkylation sites (tertiary alicyclic amines) is 1. The Hall–Kier alpha value is -1.02. The standard InChI is InChI=1S/C14H21NO/c1-3-12-6-7-14(16-2)10-13(12)11-15-8-4-5-9-15/h6-7,10H,3-5,8-9,11H2,1-2H3. The maximum Gasteiger partial charge on any atom is 0.119 e. The highest BCUT2D eigenvalue weighted by molar-refractivity contribution is 5.35. The molecule has 0 N–H and O–H groups in total. The number of ether oxygens (including phenoxy) is 1. The Morgan fingerprint density at radius 1 is 1.19 bits per heavy atom. The first-order valence-electron chi connectivity index (χ1n) is 6.21. The molecular formula is C14H21NO. The molecular weight excluding hydrogens is 198 g/mol. The predicted octanol–water partition coefficient (Wildman–Crippen LogP) is 2.85. The van der Waals surface area contributed by atoms with Crippen LogP contribution in [0.4, 0.5) is 0 Å². The summed E-state index contributed by atoms with van der Waals surface area (Å²) in [5, 5.41) is 0. The van der Waals surface area contributed by atoms with Gasteiger partial charge in [-0.25, -0.2) is 0 Å². The van der Waals surface area contributed by atoms with Crippen molar-refractivity contribution in [3.05, 3.63) is 29.3 Å². The molecule has 1 fully saturated rings. The zero-order valence-electron chi connectivity index (χ0n) is 10.3. The molecule has 0 bridgehead atoms. The van der Waals surface area contributed by atoms with Gasteiger partial charge in [0.25, 0.3) is 0 Å². The highest BCUT2D eigenvalue weighted by Crippen LogP contribution is 2.21. The van der Waals surface area contributed by atoms with E-state index in [1.807, 2.05) is 0 Å². The van der Waals surface area contributed by atoms with Crippen molar-refractivity contribution in [3.63, 3.8) is 0 Å². The summed E-state index contributed by atoms with van der Waals surface area (Å²) in [6, 6.07) is 6.45. The van der Waals surface area contributed by atoms with Crippen molar-refractivity contribution in [2.45, 2.75) is 32.7 Å². The number of aryl methyl sites for hydroxylation is 1. The van der Waals surface area contributed by atoms with Crippen LogP contribution in [-0.4, -0.2) is 25.1 Å². The second-order valence-corrected chi connectivity index (χ2v) is 4.47. The van der Waals surface area contributed by atoms with Crippen molar-refractivity contribution < 1.29 is 4.74 Å². The van der Waals surface area contributed by atoms with Gasteiger partial charge in [0.1, 0.15) is 5.75 Å². The van der Waals surface area contributed by atoms with Crippen molar-refractivity contribution >= 4 is 0 Å². The molecule has 0 radical (unpaired) electrons. The molecule has 0 spiro atoms. The van der Waals surface area contributed by atoms with Gasteiger partial charge in [-0.15, -0.1) is 0 Å². The Labute approximate surface area is 98.2 Å². The summed E-state index contributed by atoms with van der Waals surface area (Å²) >= 11 is 0. The predicted molar refractivity (Wildman–Crippen MR) is 66.9 cm³/mol. The third kappa shape index (κ3) is 2.56. The molecule has 0 aliphatic carbocycles. The van der Waals surface area contributed by atoms with E-state index in [0.717, 1.165) is 18.7 Å². The largest absolute Gasteiger partial charge is 0.497 e. The number of benzene rings is 1. The molecule has 0 saturated carbocycles. The number of hydrogen-bond acceptors (Lipinski definition) is 2. The second-order valence-electron chi connectivity index (χ2n) is 4.47. The first-order valence-corrected chi connectivity index (χ1v) is 6.21. The van der Waals surface area contributed by atoms with E-state index in [0.29, 0.717) is 0 Å². The van der Waals surface area contributed by atoms with Gasteiger partial charge in [-0.05, 0) is 55.6 Å². The fourth-order valence-corrected chi connectivity index (χ4v) is 2.40. The minimum atomic E-state index is 0.978. The van der Waals surface area contributed by atoms with E-state index in [1.165, 1.54) is 37.1 Å². The van der Waals surface area contributed by atoms with E-state index in [-0.39, 0.29) is 0 Å². The van der Waals surface area contributed by atoms with E-state index < -0.39 is 0 Å². The molecule has 1 aromatic rings. The molecule has 88 valence electrons. The maximum atomic E-state index is 5.30. The zero-order valence-corrected chi connectivity index (χ0v) is 10.3. The minimum Gasteiger partial charge on any atom is -0.497 e. The van der Waals surface area contributed by atoms with Crippen molar-refractivity contribution in [1.29, 1.82) is 0 Å². The van der Waals surface area contributed by atoms with Crippen LogP contribution in [0, 0.1) is 0 Å². The Balaban J connectivity index is 2.15. The molecule has 0 atom stereocenters. The van der Waals surface area contributed by atoms with Gasteiger partial charge in [0, 0.05) is 6.54 Å². The summed E-state index contributed by atoms with van der Waals surface area (Å²) in [6.45, 7) is 5.80. The molecule has 1 aliphatic rings. The third-order valence-corrected chi connectivity index (χ3v) is 3.39. The molecule has 2 rings (SSSR count). The van der Waals surface area contributed by atoms with E-state index in [9.17, 15) is 0 Å². The Morgan fingerprint density at radius 2 is 1.94 bits per heavy atom. The smallest absolute Gasteiger partial charge is 0.119 e. The molecule has 1 heterocycles. The lowest BCUT2D eigenvalue weighted by Crippen LogP contribution is -2.19. The summed E-state index contributed by atoms with van der Waals surface area (Å²) in [5.74, 6) is 0.978. The molecule has 0 aromatic heterocycles. The first kappa shape index (κ1) is 11.5. The number of rotatable bonds is 4. The Kier molecular flexibility index (Phi) is 3.83. The van der Waals surface area contributed by atoms with Gasteiger partial charge < -0.3 is 4.74 Å². The molecule has 2 nitrogen and oxygen atoms in total. The lowest BCUT2D eigenvalue weighted by atomic mass is 10.0.